The molecule has 1 N–H and O–H groups in total. The molecule has 0 unspecified atom stereocenters. The maximum absolute atomic E-state index is 12.9. The molecule has 4 nitrogen and oxygen atoms in total. The van der Waals surface area contributed by atoms with Gasteiger partial charge in [-0.2, -0.15) is 0 Å². The van der Waals surface area contributed by atoms with Gasteiger partial charge in [0.2, 0.25) is 0 Å². The van der Waals surface area contributed by atoms with Gasteiger partial charge >= 0.3 is 6.03 Å². The van der Waals surface area contributed by atoms with E-state index in [1.165, 1.54) is 24.3 Å². The number of rotatable bonds is 6. The Morgan fingerprint density at radius 3 is 2.71 bits per heavy atom. The van der Waals surface area contributed by atoms with E-state index in [0.717, 1.165) is 4.88 Å². The molecule has 1 heterocycles. The van der Waals surface area contributed by atoms with Gasteiger partial charge in [0, 0.05) is 24.2 Å². The summed E-state index contributed by atoms with van der Waals surface area (Å²) in [6.45, 7) is 1.47. The van der Waals surface area contributed by atoms with Crippen molar-refractivity contribution < 1.29 is 13.9 Å². The molecule has 0 aliphatic heterocycles. The number of thiophene rings is 1. The maximum Gasteiger partial charge on any atom is 0.322 e. The summed E-state index contributed by atoms with van der Waals surface area (Å²) in [6.07, 6.45) is 0. The fourth-order valence-corrected chi connectivity index (χ4v) is 2.50. The third-order valence-electron chi connectivity index (χ3n) is 2.87. The Hall–Kier alpha value is -1.92. The molecule has 0 spiro atoms. The fourth-order valence-electron chi connectivity index (χ4n) is 1.78. The number of amides is 2. The predicted molar refractivity (Wildman–Crippen MR) is 82.0 cm³/mol. The largest absolute Gasteiger partial charge is 0.383 e. The van der Waals surface area contributed by atoms with Gasteiger partial charge in [0.15, 0.2) is 0 Å². The molecule has 0 aliphatic carbocycles. The molecule has 6 heteroatoms. The van der Waals surface area contributed by atoms with Crippen LogP contribution in [0.3, 0.4) is 0 Å². The smallest absolute Gasteiger partial charge is 0.322 e. The monoisotopic (exact) mass is 308 g/mol. The van der Waals surface area contributed by atoms with E-state index in [1.54, 1.807) is 23.3 Å². The zero-order valence-corrected chi connectivity index (χ0v) is 12.5. The highest BCUT2D eigenvalue weighted by Gasteiger charge is 2.14. The SMILES string of the molecule is COCCN(Cc1cccs1)C(=O)Nc1ccc(F)cc1. The second-order valence-corrected chi connectivity index (χ2v) is 5.46. The van der Waals surface area contributed by atoms with E-state index in [9.17, 15) is 9.18 Å². The van der Waals surface area contributed by atoms with Gasteiger partial charge in [-0.05, 0) is 35.7 Å². The first kappa shape index (κ1) is 15.5. The molecule has 0 radical (unpaired) electrons. The summed E-state index contributed by atoms with van der Waals surface area (Å²) in [4.78, 5) is 15.1. The van der Waals surface area contributed by atoms with E-state index >= 15 is 0 Å². The first-order valence-corrected chi connectivity index (χ1v) is 7.40. The number of nitrogens with zero attached hydrogens (tertiary/aromatic N) is 1. The minimum atomic E-state index is -0.331. The lowest BCUT2D eigenvalue weighted by Gasteiger charge is -2.22. The number of benzene rings is 1. The number of carbonyl (C=O) groups excluding carboxylic acids is 1. The number of urea groups is 1. The van der Waals surface area contributed by atoms with Crippen LogP contribution in [0.15, 0.2) is 41.8 Å². The third-order valence-corrected chi connectivity index (χ3v) is 3.74. The van der Waals surface area contributed by atoms with Crippen molar-refractivity contribution in [1.82, 2.24) is 4.90 Å². The molecule has 0 aliphatic rings. The second-order valence-electron chi connectivity index (χ2n) is 4.43. The summed E-state index contributed by atoms with van der Waals surface area (Å²) in [5.41, 5.74) is 0.565. The van der Waals surface area contributed by atoms with Crippen molar-refractivity contribution in [3.8, 4) is 0 Å². The van der Waals surface area contributed by atoms with E-state index in [0.29, 0.717) is 25.4 Å². The van der Waals surface area contributed by atoms with Crippen LogP contribution in [0.5, 0.6) is 0 Å². The molecule has 0 bridgehead atoms. The number of nitrogens with one attached hydrogen (secondary N) is 1. The molecule has 21 heavy (non-hydrogen) atoms. The summed E-state index contributed by atoms with van der Waals surface area (Å²) in [5, 5.41) is 4.73. The van der Waals surface area contributed by atoms with Gasteiger partial charge in [-0.25, -0.2) is 9.18 Å². The van der Waals surface area contributed by atoms with Crippen LogP contribution in [0.4, 0.5) is 14.9 Å². The molecular weight excluding hydrogens is 291 g/mol. The van der Waals surface area contributed by atoms with E-state index in [1.807, 2.05) is 17.5 Å². The molecule has 0 fully saturated rings. The molecule has 2 rings (SSSR count). The maximum atomic E-state index is 12.9. The molecule has 2 aromatic rings. The van der Waals surface area contributed by atoms with Crippen molar-refractivity contribution in [1.29, 1.82) is 0 Å². The quantitative estimate of drug-likeness (QED) is 0.886. The van der Waals surface area contributed by atoms with Crippen molar-refractivity contribution in [2.45, 2.75) is 6.54 Å². The lowest BCUT2D eigenvalue weighted by Crippen LogP contribution is -2.36. The Labute approximate surface area is 127 Å². The van der Waals surface area contributed by atoms with E-state index < -0.39 is 0 Å². The van der Waals surface area contributed by atoms with Gasteiger partial charge in [-0.1, -0.05) is 6.07 Å². The zero-order valence-electron chi connectivity index (χ0n) is 11.7. The van der Waals surface area contributed by atoms with Gasteiger partial charge < -0.3 is 15.0 Å². The minimum Gasteiger partial charge on any atom is -0.383 e. The summed E-state index contributed by atoms with van der Waals surface area (Å²) in [7, 11) is 1.60. The number of halogens is 1. The highest BCUT2D eigenvalue weighted by molar-refractivity contribution is 7.09. The summed E-state index contributed by atoms with van der Waals surface area (Å²) in [5.74, 6) is -0.331. The van der Waals surface area contributed by atoms with Crippen LogP contribution < -0.4 is 5.32 Å². The van der Waals surface area contributed by atoms with E-state index in [2.05, 4.69) is 5.32 Å². The molecule has 112 valence electrons. The van der Waals surface area contributed by atoms with Crippen molar-refractivity contribution in [3.05, 3.63) is 52.5 Å². The normalized spacial score (nSPS) is 10.4. The standard InChI is InChI=1S/C15H17FN2O2S/c1-20-9-8-18(11-14-3-2-10-21-14)15(19)17-13-6-4-12(16)5-7-13/h2-7,10H,8-9,11H2,1H3,(H,17,19). The van der Waals surface area contributed by atoms with Gasteiger partial charge in [0.1, 0.15) is 5.82 Å². The van der Waals surface area contributed by atoms with Crippen molar-refractivity contribution in [2.24, 2.45) is 0 Å². The number of carbonyl (C=O) groups is 1. The van der Waals surface area contributed by atoms with Crippen LogP contribution in [-0.2, 0) is 11.3 Å². The zero-order chi connectivity index (χ0) is 15.1. The highest BCUT2D eigenvalue weighted by Crippen LogP contribution is 2.14. The first-order valence-electron chi connectivity index (χ1n) is 6.52. The van der Waals surface area contributed by atoms with Gasteiger partial charge in [0.25, 0.3) is 0 Å². The fraction of sp³-hybridized carbons (Fsp3) is 0.267. The summed E-state index contributed by atoms with van der Waals surface area (Å²) in [6, 6.07) is 9.40. The number of ether oxygens (including phenoxy) is 1. The molecule has 1 aromatic heterocycles. The van der Waals surface area contributed by atoms with Crippen LogP contribution in [-0.4, -0.2) is 31.2 Å². The van der Waals surface area contributed by atoms with Gasteiger partial charge in [0.05, 0.1) is 13.2 Å². The van der Waals surface area contributed by atoms with E-state index in [-0.39, 0.29) is 11.8 Å². The lowest BCUT2D eigenvalue weighted by atomic mass is 10.3. The minimum absolute atomic E-state index is 0.230. The van der Waals surface area contributed by atoms with Crippen LogP contribution in [0.1, 0.15) is 4.88 Å². The summed E-state index contributed by atoms with van der Waals surface area (Å²) >= 11 is 1.60. The van der Waals surface area contributed by atoms with Crippen LogP contribution in [0.25, 0.3) is 0 Å². The Morgan fingerprint density at radius 1 is 1.33 bits per heavy atom. The van der Waals surface area contributed by atoms with Crippen LogP contribution in [0.2, 0.25) is 0 Å². The molecule has 2 amide bonds. The summed E-state index contributed by atoms with van der Waals surface area (Å²) < 4.78 is 17.9. The molecule has 0 saturated carbocycles. The van der Waals surface area contributed by atoms with Gasteiger partial charge in [-0.15, -0.1) is 11.3 Å². The Balaban J connectivity index is 2.00. The first-order chi connectivity index (χ1) is 10.2. The van der Waals surface area contributed by atoms with E-state index in [4.69, 9.17) is 4.74 Å². The highest BCUT2D eigenvalue weighted by atomic mass is 32.1. The average Bonchev–Trinajstić information content (AvgIpc) is 2.98. The number of anilines is 1. The second kappa shape index (κ2) is 7.75. The number of hydrogen-bond donors (Lipinski definition) is 1. The number of hydrogen-bond acceptors (Lipinski definition) is 3. The number of methoxy groups -OCH3 is 1. The van der Waals surface area contributed by atoms with Crippen molar-refractivity contribution in [3.63, 3.8) is 0 Å². The topological polar surface area (TPSA) is 41.6 Å². The van der Waals surface area contributed by atoms with Crippen molar-refractivity contribution in [2.75, 3.05) is 25.6 Å². The molecular formula is C15H17FN2O2S. The van der Waals surface area contributed by atoms with Crippen LogP contribution in [0, 0.1) is 5.82 Å². The Bertz CT molecular complexity index is 558. The predicted octanol–water partition coefficient (Wildman–Crippen LogP) is 3.57. The van der Waals surface area contributed by atoms with Crippen LogP contribution >= 0.6 is 11.3 Å². The lowest BCUT2D eigenvalue weighted by molar-refractivity contribution is 0.153. The third kappa shape index (κ3) is 4.84. The molecule has 0 atom stereocenters. The van der Waals surface area contributed by atoms with Gasteiger partial charge in [-0.3, -0.25) is 0 Å². The Morgan fingerprint density at radius 2 is 2.10 bits per heavy atom. The molecule has 1 aromatic carbocycles. The Kier molecular flexibility index (Phi) is 5.71. The van der Waals surface area contributed by atoms with Crippen molar-refractivity contribution >= 4 is 23.1 Å². The average molecular weight is 308 g/mol. The molecule has 0 saturated heterocycles.